The minimum atomic E-state index is -3.75. The standard InChI is InChI=1S/C12H24BO6P/c1-7(2)17-6-9-10(11(16-5)12(13)18-9)19-20(14,15)8(3)4/h7-12H,6H2,1-5H3,(H,14,15)/t9-,10-,11-,12-/m1/s1. The zero-order chi connectivity index (χ0) is 15.5. The van der Waals surface area contributed by atoms with Gasteiger partial charge < -0.3 is 19.1 Å². The molecule has 116 valence electrons. The van der Waals surface area contributed by atoms with Crippen LogP contribution in [0.2, 0.25) is 0 Å². The molecule has 1 aliphatic rings. The Morgan fingerprint density at radius 1 is 1.30 bits per heavy atom. The largest absolute Gasteiger partial charge is 0.377 e. The second-order valence-electron chi connectivity index (χ2n) is 5.45. The predicted molar refractivity (Wildman–Crippen MR) is 76.1 cm³/mol. The molecule has 1 N–H and O–H groups in total. The number of methoxy groups -OCH3 is 1. The smallest absolute Gasteiger partial charge is 0.331 e. The highest BCUT2D eigenvalue weighted by molar-refractivity contribution is 7.53. The molecule has 0 aromatic carbocycles. The first-order valence-electron chi connectivity index (χ1n) is 6.75. The van der Waals surface area contributed by atoms with Crippen molar-refractivity contribution in [2.75, 3.05) is 13.7 Å². The maximum atomic E-state index is 12.1. The number of ether oxygens (including phenoxy) is 3. The van der Waals surface area contributed by atoms with E-state index in [4.69, 9.17) is 26.6 Å². The van der Waals surface area contributed by atoms with Crippen LogP contribution in [0.3, 0.4) is 0 Å². The summed E-state index contributed by atoms with van der Waals surface area (Å²) in [5, 5.41) is 0. The summed E-state index contributed by atoms with van der Waals surface area (Å²) in [5.74, 6) is 0. The maximum Gasteiger partial charge on any atom is 0.331 e. The zero-order valence-electron chi connectivity index (χ0n) is 12.7. The van der Waals surface area contributed by atoms with Crippen LogP contribution in [-0.4, -0.2) is 62.5 Å². The molecule has 1 rings (SSSR count). The van der Waals surface area contributed by atoms with Gasteiger partial charge in [-0.05, 0) is 13.8 Å². The van der Waals surface area contributed by atoms with Crippen molar-refractivity contribution in [2.45, 2.75) is 63.8 Å². The highest BCUT2D eigenvalue weighted by Gasteiger charge is 2.47. The quantitative estimate of drug-likeness (QED) is 0.564. The van der Waals surface area contributed by atoms with Crippen LogP contribution in [0, 0.1) is 0 Å². The van der Waals surface area contributed by atoms with Crippen molar-refractivity contribution in [2.24, 2.45) is 0 Å². The fourth-order valence-corrected chi connectivity index (χ4v) is 2.72. The molecule has 1 heterocycles. The topological polar surface area (TPSA) is 74.2 Å². The first-order valence-corrected chi connectivity index (χ1v) is 8.40. The van der Waals surface area contributed by atoms with Gasteiger partial charge in [0.25, 0.3) is 0 Å². The fourth-order valence-electron chi connectivity index (χ4n) is 1.87. The van der Waals surface area contributed by atoms with Crippen LogP contribution in [0.25, 0.3) is 0 Å². The lowest BCUT2D eigenvalue weighted by Gasteiger charge is -2.27. The molecule has 1 aliphatic heterocycles. The number of hydrogen-bond donors (Lipinski definition) is 1. The second kappa shape index (κ2) is 7.39. The molecule has 2 radical (unpaired) electrons. The van der Waals surface area contributed by atoms with Crippen molar-refractivity contribution < 1.29 is 28.2 Å². The Hall–Kier alpha value is 0.0949. The van der Waals surface area contributed by atoms with Gasteiger partial charge in [-0.15, -0.1) is 0 Å². The molecule has 1 saturated heterocycles. The molecule has 0 bridgehead atoms. The van der Waals surface area contributed by atoms with Gasteiger partial charge in [0, 0.05) is 13.1 Å². The van der Waals surface area contributed by atoms with Gasteiger partial charge in [0.05, 0.1) is 18.4 Å². The Kier molecular flexibility index (Phi) is 6.70. The molecule has 0 aliphatic carbocycles. The molecule has 1 unspecified atom stereocenters. The van der Waals surface area contributed by atoms with Gasteiger partial charge in [0.15, 0.2) is 0 Å². The van der Waals surface area contributed by atoms with E-state index in [1.165, 1.54) is 7.11 Å². The van der Waals surface area contributed by atoms with E-state index in [2.05, 4.69) is 0 Å². The van der Waals surface area contributed by atoms with Gasteiger partial charge in [0.2, 0.25) is 0 Å². The van der Waals surface area contributed by atoms with E-state index in [1.807, 2.05) is 13.8 Å². The first-order chi connectivity index (χ1) is 9.19. The Morgan fingerprint density at radius 3 is 2.35 bits per heavy atom. The van der Waals surface area contributed by atoms with E-state index in [0.29, 0.717) is 0 Å². The Balaban J connectivity index is 2.80. The molecule has 0 aromatic rings. The van der Waals surface area contributed by atoms with E-state index >= 15 is 0 Å². The SMILES string of the molecule is [B][C@@H]1O[C@H](COC(C)C)[C@@H](OP(=O)(O)C(C)C)[C@H]1OC. The van der Waals surface area contributed by atoms with Crippen LogP contribution < -0.4 is 0 Å². The third-order valence-electron chi connectivity index (χ3n) is 3.14. The van der Waals surface area contributed by atoms with Gasteiger partial charge in [-0.1, -0.05) is 13.8 Å². The molecule has 5 atom stereocenters. The van der Waals surface area contributed by atoms with Crippen molar-refractivity contribution >= 4 is 15.4 Å². The third-order valence-corrected chi connectivity index (χ3v) is 4.99. The van der Waals surface area contributed by atoms with Crippen molar-refractivity contribution in [1.82, 2.24) is 0 Å². The van der Waals surface area contributed by atoms with Crippen LogP contribution in [0.1, 0.15) is 27.7 Å². The molecular weight excluding hydrogens is 282 g/mol. The molecular formula is C12H24BO6P. The number of rotatable bonds is 7. The van der Waals surface area contributed by atoms with Crippen LogP contribution in [-0.2, 0) is 23.3 Å². The van der Waals surface area contributed by atoms with E-state index < -0.39 is 37.6 Å². The van der Waals surface area contributed by atoms with Gasteiger partial charge in [-0.25, -0.2) is 0 Å². The minimum absolute atomic E-state index is 0.0168. The molecule has 0 amide bonds. The van der Waals surface area contributed by atoms with Gasteiger partial charge in [-0.3, -0.25) is 9.09 Å². The molecule has 0 spiro atoms. The van der Waals surface area contributed by atoms with Crippen LogP contribution in [0.4, 0.5) is 0 Å². The number of hydrogen-bond acceptors (Lipinski definition) is 5. The second-order valence-corrected chi connectivity index (χ2v) is 7.82. The summed E-state index contributed by atoms with van der Waals surface area (Å²) in [6, 6.07) is -0.710. The van der Waals surface area contributed by atoms with Crippen molar-refractivity contribution in [1.29, 1.82) is 0 Å². The Bertz CT molecular complexity index is 351. The molecule has 0 aromatic heterocycles. The Morgan fingerprint density at radius 2 is 1.90 bits per heavy atom. The van der Waals surface area contributed by atoms with Crippen molar-refractivity contribution in [3.05, 3.63) is 0 Å². The van der Waals surface area contributed by atoms with Gasteiger partial charge in [-0.2, -0.15) is 0 Å². The fraction of sp³-hybridized carbons (Fsp3) is 1.00. The summed E-state index contributed by atoms with van der Waals surface area (Å²) >= 11 is 0. The summed E-state index contributed by atoms with van der Waals surface area (Å²) in [6.07, 6.45) is -1.85. The molecule has 0 saturated carbocycles. The lowest BCUT2D eigenvalue weighted by Crippen LogP contribution is -2.38. The van der Waals surface area contributed by atoms with Gasteiger partial charge >= 0.3 is 7.60 Å². The van der Waals surface area contributed by atoms with Crippen LogP contribution >= 0.6 is 7.60 Å². The summed E-state index contributed by atoms with van der Waals surface area (Å²) in [4.78, 5) is 9.89. The third kappa shape index (κ3) is 4.55. The lowest BCUT2D eigenvalue weighted by molar-refractivity contribution is -0.0454. The Labute approximate surface area is 122 Å². The summed E-state index contributed by atoms with van der Waals surface area (Å²) in [5.41, 5.74) is -0.511. The minimum Gasteiger partial charge on any atom is -0.377 e. The summed E-state index contributed by atoms with van der Waals surface area (Å²) in [7, 11) is 3.54. The molecule has 8 heteroatoms. The van der Waals surface area contributed by atoms with Crippen molar-refractivity contribution in [3.8, 4) is 0 Å². The normalized spacial score (nSPS) is 33.8. The van der Waals surface area contributed by atoms with Crippen LogP contribution in [0.15, 0.2) is 0 Å². The molecule has 1 fully saturated rings. The average molecular weight is 306 g/mol. The van der Waals surface area contributed by atoms with E-state index in [0.717, 1.165) is 0 Å². The summed E-state index contributed by atoms with van der Waals surface area (Å²) < 4.78 is 33.7. The van der Waals surface area contributed by atoms with E-state index in [9.17, 15) is 9.46 Å². The maximum absolute atomic E-state index is 12.1. The van der Waals surface area contributed by atoms with E-state index in [-0.39, 0.29) is 12.7 Å². The first kappa shape index (κ1) is 18.1. The highest BCUT2D eigenvalue weighted by Crippen LogP contribution is 2.50. The molecule has 20 heavy (non-hydrogen) atoms. The predicted octanol–water partition coefficient (Wildman–Crippen LogP) is 1.30. The lowest BCUT2D eigenvalue weighted by atomic mass is 9.93. The average Bonchev–Trinajstić information content (AvgIpc) is 2.61. The monoisotopic (exact) mass is 306 g/mol. The van der Waals surface area contributed by atoms with Gasteiger partial charge in [0.1, 0.15) is 26.2 Å². The van der Waals surface area contributed by atoms with Crippen molar-refractivity contribution in [3.63, 3.8) is 0 Å². The molecule has 6 nitrogen and oxygen atoms in total. The summed E-state index contributed by atoms with van der Waals surface area (Å²) in [6.45, 7) is 7.26. The zero-order valence-corrected chi connectivity index (χ0v) is 13.6. The van der Waals surface area contributed by atoms with Crippen LogP contribution in [0.5, 0.6) is 0 Å². The van der Waals surface area contributed by atoms with E-state index in [1.54, 1.807) is 13.8 Å². The highest BCUT2D eigenvalue weighted by atomic mass is 31.2.